The van der Waals surface area contributed by atoms with Gasteiger partial charge in [-0.3, -0.25) is 14.4 Å². The third-order valence-electron chi connectivity index (χ3n) is 6.34. The fraction of sp³-hybridized carbons (Fsp3) is 0.727. The highest BCUT2D eigenvalue weighted by molar-refractivity contribution is 7.99. The van der Waals surface area contributed by atoms with Gasteiger partial charge in [-0.25, -0.2) is 0 Å². The third-order valence-corrected chi connectivity index (χ3v) is 7.28. The lowest BCUT2D eigenvalue weighted by molar-refractivity contribution is 0.0763. The number of carbonyl (C=O) groups excluding carboxylic acids is 1. The van der Waals surface area contributed by atoms with Crippen LogP contribution in [0.1, 0.15) is 54.4 Å². The molecule has 28 heavy (non-hydrogen) atoms. The van der Waals surface area contributed by atoms with Crippen molar-refractivity contribution < 1.29 is 4.79 Å². The maximum atomic E-state index is 13.3. The summed E-state index contributed by atoms with van der Waals surface area (Å²) in [6.45, 7) is 11.0. The lowest BCUT2D eigenvalue weighted by Gasteiger charge is -2.35. The standard InChI is InChI=1S/C22H34N4OS/c1-3-9-25(16-17-5-6-17)18-7-8-20-19(15-18)21(23-26(20)10-4-2)22(27)24-11-13-28-14-12-24/h4,17-18H,2-3,5-16H2,1H3. The van der Waals surface area contributed by atoms with E-state index in [9.17, 15) is 4.79 Å². The lowest BCUT2D eigenvalue weighted by atomic mass is 9.89. The Kier molecular flexibility index (Phi) is 6.46. The van der Waals surface area contributed by atoms with Gasteiger partial charge < -0.3 is 4.90 Å². The predicted octanol–water partition coefficient (Wildman–Crippen LogP) is 3.24. The quantitative estimate of drug-likeness (QED) is 0.626. The molecule has 1 aliphatic heterocycles. The number of nitrogens with zero attached hydrogens (tertiary/aromatic N) is 4. The van der Waals surface area contributed by atoms with Crippen molar-refractivity contribution in [2.45, 2.75) is 58.0 Å². The van der Waals surface area contributed by atoms with Crippen molar-refractivity contribution in [3.05, 3.63) is 29.6 Å². The lowest BCUT2D eigenvalue weighted by Crippen LogP contribution is -2.42. The van der Waals surface area contributed by atoms with Gasteiger partial charge in [-0.15, -0.1) is 6.58 Å². The average molecular weight is 403 g/mol. The Hall–Kier alpha value is -1.27. The Morgan fingerprint density at radius 1 is 1.32 bits per heavy atom. The predicted molar refractivity (Wildman–Crippen MR) is 116 cm³/mol. The van der Waals surface area contributed by atoms with Gasteiger partial charge in [0.15, 0.2) is 5.69 Å². The number of rotatable bonds is 8. The molecule has 0 aromatic carbocycles. The van der Waals surface area contributed by atoms with Crippen LogP contribution in [0.2, 0.25) is 0 Å². The van der Waals surface area contributed by atoms with E-state index in [1.807, 2.05) is 27.4 Å². The van der Waals surface area contributed by atoms with E-state index >= 15 is 0 Å². The number of hydrogen-bond donors (Lipinski definition) is 0. The zero-order valence-electron chi connectivity index (χ0n) is 17.2. The van der Waals surface area contributed by atoms with Gasteiger partial charge in [0.25, 0.3) is 5.91 Å². The molecule has 1 saturated heterocycles. The summed E-state index contributed by atoms with van der Waals surface area (Å²) in [6.07, 6.45) is 9.05. The van der Waals surface area contributed by atoms with E-state index in [4.69, 9.17) is 5.10 Å². The van der Waals surface area contributed by atoms with Crippen molar-refractivity contribution >= 4 is 17.7 Å². The second-order valence-corrected chi connectivity index (χ2v) is 9.71. The largest absolute Gasteiger partial charge is 0.336 e. The van der Waals surface area contributed by atoms with E-state index in [1.165, 1.54) is 50.0 Å². The number of aromatic nitrogens is 2. The first kappa shape index (κ1) is 20.0. The van der Waals surface area contributed by atoms with Gasteiger partial charge in [-0.1, -0.05) is 13.0 Å². The molecule has 0 bridgehead atoms. The van der Waals surface area contributed by atoms with Gasteiger partial charge in [0.05, 0.1) is 6.54 Å². The zero-order valence-corrected chi connectivity index (χ0v) is 18.1. The molecule has 0 radical (unpaired) electrons. The monoisotopic (exact) mass is 402 g/mol. The van der Waals surface area contributed by atoms with Crippen LogP contribution in [-0.2, 0) is 19.4 Å². The molecule has 1 unspecified atom stereocenters. The van der Waals surface area contributed by atoms with E-state index in [0.29, 0.717) is 12.6 Å². The summed E-state index contributed by atoms with van der Waals surface area (Å²) >= 11 is 1.94. The number of hydrogen-bond acceptors (Lipinski definition) is 4. The number of thioether (sulfide) groups is 1. The highest BCUT2D eigenvalue weighted by Gasteiger charge is 2.35. The maximum absolute atomic E-state index is 13.3. The van der Waals surface area contributed by atoms with E-state index in [-0.39, 0.29) is 5.91 Å². The molecule has 2 heterocycles. The summed E-state index contributed by atoms with van der Waals surface area (Å²) in [5.74, 6) is 3.12. The Labute approximate surface area is 173 Å². The van der Waals surface area contributed by atoms with Crippen LogP contribution >= 0.6 is 11.8 Å². The van der Waals surface area contributed by atoms with Crippen LogP contribution in [0.3, 0.4) is 0 Å². The molecule has 4 rings (SSSR count). The molecule has 0 spiro atoms. The average Bonchev–Trinajstić information content (AvgIpc) is 3.48. The summed E-state index contributed by atoms with van der Waals surface area (Å²) in [4.78, 5) is 18.0. The molecule has 3 aliphatic rings. The maximum Gasteiger partial charge on any atom is 0.274 e. The molecule has 1 amide bonds. The molecule has 1 atom stereocenters. The normalized spacial score (nSPS) is 22.4. The van der Waals surface area contributed by atoms with E-state index < -0.39 is 0 Å². The number of fused-ring (bicyclic) bond motifs is 1. The zero-order chi connectivity index (χ0) is 19.5. The highest BCUT2D eigenvalue weighted by Crippen LogP contribution is 2.34. The summed E-state index contributed by atoms with van der Waals surface area (Å²) in [5, 5.41) is 4.80. The number of amides is 1. The van der Waals surface area contributed by atoms with Crippen molar-refractivity contribution in [2.24, 2.45) is 5.92 Å². The molecule has 1 saturated carbocycles. The van der Waals surface area contributed by atoms with Gasteiger partial charge in [0.1, 0.15) is 0 Å². The second kappa shape index (κ2) is 9.04. The Bertz CT molecular complexity index is 706. The van der Waals surface area contributed by atoms with Crippen LogP contribution < -0.4 is 0 Å². The molecule has 6 heteroatoms. The van der Waals surface area contributed by atoms with Gasteiger partial charge in [-0.05, 0) is 51.0 Å². The van der Waals surface area contributed by atoms with Crippen LogP contribution in [0, 0.1) is 5.92 Å². The number of carbonyl (C=O) groups is 1. The van der Waals surface area contributed by atoms with Gasteiger partial charge in [0.2, 0.25) is 0 Å². The Morgan fingerprint density at radius 2 is 2.11 bits per heavy atom. The fourth-order valence-electron chi connectivity index (χ4n) is 4.68. The van der Waals surface area contributed by atoms with Gasteiger partial charge in [0, 0.05) is 48.4 Å². The molecular weight excluding hydrogens is 368 g/mol. The first-order valence-electron chi connectivity index (χ1n) is 11.0. The Morgan fingerprint density at radius 3 is 2.79 bits per heavy atom. The van der Waals surface area contributed by atoms with Crippen LogP contribution in [0.4, 0.5) is 0 Å². The Balaban J connectivity index is 1.58. The minimum Gasteiger partial charge on any atom is -0.336 e. The first-order valence-corrected chi connectivity index (χ1v) is 12.2. The van der Waals surface area contributed by atoms with E-state index in [2.05, 4.69) is 18.4 Å². The van der Waals surface area contributed by atoms with Crippen molar-refractivity contribution in [3.8, 4) is 0 Å². The van der Waals surface area contributed by atoms with Gasteiger partial charge in [-0.2, -0.15) is 16.9 Å². The molecule has 5 nitrogen and oxygen atoms in total. The van der Waals surface area contributed by atoms with Crippen LogP contribution in [0.5, 0.6) is 0 Å². The van der Waals surface area contributed by atoms with E-state index in [1.54, 1.807) is 0 Å². The SMILES string of the molecule is C=CCn1nc(C(=O)N2CCSCC2)c2c1CCC(N(CCC)CC1CC1)C2. The third kappa shape index (κ3) is 4.33. The highest BCUT2D eigenvalue weighted by atomic mass is 32.2. The van der Waals surface area contributed by atoms with E-state index in [0.717, 1.165) is 49.0 Å². The summed E-state index contributed by atoms with van der Waals surface area (Å²) in [7, 11) is 0. The van der Waals surface area contributed by atoms with Crippen LogP contribution in [0.25, 0.3) is 0 Å². The smallest absolute Gasteiger partial charge is 0.274 e. The minimum absolute atomic E-state index is 0.143. The molecule has 2 aliphatic carbocycles. The summed E-state index contributed by atoms with van der Waals surface area (Å²) in [6, 6.07) is 0.554. The van der Waals surface area contributed by atoms with Crippen molar-refractivity contribution in [1.82, 2.24) is 19.6 Å². The number of allylic oxidation sites excluding steroid dienone is 1. The van der Waals surface area contributed by atoms with Crippen molar-refractivity contribution in [1.29, 1.82) is 0 Å². The first-order chi connectivity index (χ1) is 13.7. The summed E-state index contributed by atoms with van der Waals surface area (Å²) in [5.41, 5.74) is 3.21. The van der Waals surface area contributed by atoms with Gasteiger partial charge >= 0.3 is 0 Å². The van der Waals surface area contributed by atoms with Crippen LogP contribution in [0.15, 0.2) is 12.7 Å². The minimum atomic E-state index is 0.143. The molecule has 154 valence electrons. The van der Waals surface area contributed by atoms with Crippen LogP contribution in [-0.4, -0.2) is 69.2 Å². The molecule has 0 N–H and O–H groups in total. The van der Waals surface area contributed by atoms with Crippen molar-refractivity contribution in [3.63, 3.8) is 0 Å². The molecule has 1 aromatic heterocycles. The molecular formula is C22H34N4OS. The fourth-order valence-corrected chi connectivity index (χ4v) is 5.59. The summed E-state index contributed by atoms with van der Waals surface area (Å²) < 4.78 is 2.04. The second-order valence-electron chi connectivity index (χ2n) is 8.48. The molecule has 2 fully saturated rings. The topological polar surface area (TPSA) is 41.4 Å². The van der Waals surface area contributed by atoms with Crippen molar-refractivity contribution in [2.75, 3.05) is 37.7 Å². The molecule has 1 aromatic rings.